The van der Waals surface area contributed by atoms with Gasteiger partial charge in [0.2, 0.25) is 5.88 Å². The van der Waals surface area contributed by atoms with Crippen LogP contribution in [0.4, 0.5) is 0 Å². The Morgan fingerprint density at radius 3 is 3.06 bits per heavy atom. The van der Waals surface area contributed by atoms with Crippen molar-refractivity contribution in [3.63, 3.8) is 0 Å². The highest BCUT2D eigenvalue weighted by Crippen LogP contribution is 2.31. The predicted molar refractivity (Wildman–Crippen MR) is 66.4 cm³/mol. The SMILES string of the molecule is COc1ncccc1CN1CCC(C)(C(=O)O)C1. The zero-order valence-corrected chi connectivity index (χ0v) is 10.7. The molecule has 5 heteroatoms. The molecule has 2 rings (SSSR count). The van der Waals surface area contributed by atoms with Gasteiger partial charge in [0.25, 0.3) is 0 Å². The van der Waals surface area contributed by atoms with Crippen molar-refractivity contribution in [2.45, 2.75) is 19.9 Å². The molecule has 18 heavy (non-hydrogen) atoms. The number of carboxylic acids is 1. The third-order valence-corrected chi connectivity index (χ3v) is 3.51. The normalized spacial score (nSPS) is 24.1. The third kappa shape index (κ3) is 2.46. The Morgan fingerprint density at radius 2 is 2.44 bits per heavy atom. The lowest BCUT2D eigenvalue weighted by atomic mass is 9.90. The van der Waals surface area contributed by atoms with E-state index in [1.54, 1.807) is 20.2 Å². The molecule has 5 nitrogen and oxygen atoms in total. The van der Waals surface area contributed by atoms with Crippen molar-refractivity contribution in [1.82, 2.24) is 9.88 Å². The van der Waals surface area contributed by atoms with Crippen molar-refractivity contribution >= 4 is 5.97 Å². The highest BCUT2D eigenvalue weighted by molar-refractivity contribution is 5.74. The summed E-state index contributed by atoms with van der Waals surface area (Å²) >= 11 is 0. The van der Waals surface area contributed by atoms with Gasteiger partial charge in [-0.3, -0.25) is 9.69 Å². The van der Waals surface area contributed by atoms with Gasteiger partial charge >= 0.3 is 5.97 Å². The Hall–Kier alpha value is -1.62. The van der Waals surface area contributed by atoms with E-state index in [2.05, 4.69) is 9.88 Å². The van der Waals surface area contributed by atoms with Crippen LogP contribution < -0.4 is 4.74 Å². The molecule has 1 aromatic heterocycles. The number of carboxylic acid groups (broad SMARTS) is 1. The summed E-state index contributed by atoms with van der Waals surface area (Å²) in [6.07, 6.45) is 2.37. The summed E-state index contributed by atoms with van der Waals surface area (Å²) in [6, 6.07) is 3.83. The first-order valence-corrected chi connectivity index (χ1v) is 5.99. The Bertz CT molecular complexity index is 450. The number of hydrogen-bond acceptors (Lipinski definition) is 4. The minimum atomic E-state index is -0.719. The second-order valence-electron chi connectivity index (χ2n) is 5.00. The molecule has 0 radical (unpaired) electrons. The summed E-state index contributed by atoms with van der Waals surface area (Å²) in [5.74, 6) is -0.107. The molecule has 1 aromatic rings. The van der Waals surface area contributed by atoms with Gasteiger partial charge in [-0.15, -0.1) is 0 Å². The maximum absolute atomic E-state index is 11.2. The van der Waals surface area contributed by atoms with Gasteiger partial charge in [0.1, 0.15) is 0 Å². The van der Waals surface area contributed by atoms with E-state index in [9.17, 15) is 9.90 Å². The van der Waals surface area contributed by atoms with Crippen LogP contribution in [0.15, 0.2) is 18.3 Å². The van der Waals surface area contributed by atoms with Gasteiger partial charge in [-0.2, -0.15) is 0 Å². The lowest BCUT2D eigenvalue weighted by molar-refractivity contribution is -0.147. The molecule has 1 atom stereocenters. The van der Waals surface area contributed by atoms with Crippen molar-refractivity contribution in [3.8, 4) is 5.88 Å². The highest BCUT2D eigenvalue weighted by Gasteiger charge is 2.40. The summed E-state index contributed by atoms with van der Waals surface area (Å²) in [7, 11) is 1.59. The standard InChI is InChI=1S/C13H18N2O3/c1-13(12(16)17)5-7-15(9-13)8-10-4-3-6-14-11(10)18-2/h3-4,6H,5,7-9H2,1-2H3,(H,16,17). The number of carbonyl (C=O) groups is 1. The summed E-state index contributed by atoms with van der Waals surface area (Å²) in [4.78, 5) is 17.5. The minimum absolute atomic E-state index is 0.570. The zero-order valence-electron chi connectivity index (χ0n) is 10.7. The Balaban J connectivity index is 2.06. The van der Waals surface area contributed by atoms with Crippen LogP contribution in [0.2, 0.25) is 0 Å². The highest BCUT2D eigenvalue weighted by atomic mass is 16.5. The molecule has 98 valence electrons. The molecular weight excluding hydrogens is 232 g/mol. The Labute approximate surface area is 106 Å². The average Bonchev–Trinajstić information content (AvgIpc) is 2.73. The maximum atomic E-state index is 11.2. The van der Waals surface area contributed by atoms with Crippen LogP contribution in [-0.2, 0) is 11.3 Å². The van der Waals surface area contributed by atoms with Crippen molar-refractivity contribution in [3.05, 3.63) is 23.9 Å². The second kappa shape index (κ2) is 4.94. The molecule has 1 N–H and O–H groups in total. The van der Waals surface area contributed by atoms with Crippen LogP contribution in [0.3, 0.4) is 0 Å². The summed E-state index contributed by atoms with van der Waals surface area (Å²) in [6.45, 7) is 3.84. The van der Waals surface area contributed by atoms with Crippen molar-refractivity contribution < 1.29 is 14.6 Å². The van der Waals surface area contributed by atoms with Gasteiger partial charge in [0.15, 0.2) is 0 Å². The Morgan fingerprint density at radius 1 is 1.67 bits per heavy atom. The molecule has 1 aliphatic rings. The monoisotopic (exact) mass is 250 g/mol. The van der Waals surface area contributed by atoms with Gasteiger partial charge in [-0.25, -0.2) is 4.98 Å². The average molecular weight is 250 g/mol. The molecule has 0 saturated carbocycles. The molecule has 0 amide bonds. The molecule has 0 aromatic carbocycles. The number of rotatable bonds is 4. The Kier molecular flexibility index (Phi) is 3.52. The number of pyridine rings is 1. The minimum Gasteiger partial charge on any atom is -0.481 e. The first-order valence-electron chi connectivity index (χ1n) is 5.99. The van der Waals surface area contributed by atoms with Gasteiger partial charge in [-0.05, 0) is 26.0 Å². The molecule has 1 saturated heterocycles. The van der Waals surface area contributed by atoms with Crippen molar-refractivity contribution in [2.75, 3.05) is 20.2 Å². The summed E-state index contributed by atoms with van der Waals surface area (Å²) in [5, 5.41) is 9.19. The van der Waals surface area contributed by atoms with E-state index in [0.717, 1.165) is 12.1 Å². The number of aliphatic carboxylic acids is 1. The third-order valence-electron chi connectivity index (χ3n) is 3.51. The fourth-order valence-corrected chi connectivity index (χ4v) is 2.34. The van der Waals surface area contributed by atoms with E-state index in [1.807, 2.05) is 12.1 Å². The molecule has 1 fully saturated rings. The predicted octanol–water partition coefficient (Wildman–Crippen LogP) is 1.39. The van der Waals surface area contributed by atoms with E-state index in [4.69, 9.17) is 4.74 Å². The van der Waals surface area contributed by atoms with Crippen molar-refractivity contribution in [2.24, 2.45) is 5.41 Å². The molecule has 2 heterocycles. The first-order chi connectivity index (χ1) is 8.55. The molecular formula is C13H18N2O3. The van der Waals surface area contributed by atoms with E-state index in [0.29, 0.717) is 25.4 Å². The number of nitrogens with zero attached hydrogens (tertiary/aromatic N) is 2. The van der Waals surface area contributed by atoms with Gasteiger partial charge in [0.05, 0.1) is 12.5 Å². The van der Waals surface area contributed by atoms with Crippen LogP contribution in [-0.4, -0.2) is 41.2 Å². The number of likely N-dealkylation sites (tertiary alicyclic amines) is 1. The molecule has 0 bridgehead atoms. The fraction of sp³-hybridized carbons (Fsp3) is 0.538. The van der Waals surface area contributed by atoms with Crippen LogP contribution in [0, 0.1) is 5.41 Å². The number of ether oxygens (including phenoxy) is 1. The van der Waals surface area contributed by atoms with Crippen LogP contribution >= 0.6 is 0 Å². The van der Waals surface area contributed by atoms with Crippen LogP contribution in [0.1, 0.15) is 18.9 Å². The number of methoxy groups -OCH3 is 1. The largest absolute Gasteiger partial charge is 0.481 e. The van der Waals surface area contributed by atoms with Crippen LogP contribution in [0.25, 0.3) is 0 Å². The number of hydrogen-bond donors (Lipinski definition) is 1. The molecule has 0 spiro atoms. The fourth-order valence-electron chi connectivity index (χ4n) is 2.34. The first kappa shape index (κ1) is 12.8. The van der Waals surface area contributed by atoms with E-state index in [-0.39, 0.29) is 0 Å². The quantitative estimate of drug-likeness (QED) is 0.874. The summed E-state index contributed by atoms with van der Waals surface area (Å²) < 4.78 is 5.20. The molecule has 1 aliphatic heterocycles. The van der Waals surface area contributed by atoms with Gasteiger partial charge in [-0.1, -0.05) is 6.07 Å². The molecule has 1 unspecified atom stereocenters. The number of aromatic nitrogens is 1. The van der Waals surface area contributed by atoms with E-state index in [1.165, 1.54) is 0 Å². The lowest BCUT2D eigenvalue weighted by Crippen LogP contribution is -2.31. The van der Waals surface area contributed by atoms with Gasteiger partial charge in [0, 0.05) is 24.8 Å². The van der Waals surface area contributed by atoms with Gasteiger partial charge < -0.3 is 9.84 Å². The van der Waals surface area contributed by atoms with E-state index < -0.39 is 11.4 Å². The van der Waals surface area contributed by atoms with Crippen molar-refractivity contribution in [1.29, 1.82) is 0 Å². The smallest absolute Gasteiger partial charge is 0.310 e. The maximum Gasteiger partial charge on any atom is 0.310 e. The topological polar surface area (TPSA) is 62.7 Å². The second-order valence-corrected chi connectivity index (χ2v) is 5.00. The summed E-state index contributed by atoms with van der Waals surface area (Å²) in [5.41, 5.74) is 0.366. The van der Waals surface area contributed by atoms with E-state index >= 15 is 0 Å². The van der Waals surface area contributed by atoms with Crippen LogP contribution in [0.5, 0.6) is 5.88 Å². The zero-order chi connectivity index (χ0) is 13.2. The lowest BCUT2D eigenvalue weighted by Gasteiger charge is -2.20. The molecule has 0 aliphatic carbocycles.